The lowest BCUT2D eigenvalue weighted by Crippen LogP contribution is -2.42. The van der Waals surface area contributed by atoms with Crippen LogP contribution in [0.1, 0.15) is 12.8 Å². The molecule has 0 aromatic heterocycles. The standard InChI is InChI=1S/C13H19BrN2O4S/c1-20-13-3-2-11(8-12(13)14)15-21(18,19)16-6-4-10(9-17)5-7-16/h2-3,8,10,15,17H,4-7,9H2,1H3. The molecule has 0 unspecified atom stereocenters. The fourth-order valence-electron chi connectivity index (χ4n) is 2.28. The second-order valence-electron chi connectivity index (χ2n) is 4.98. The van der Waals surface area contributed by atoms with Crippen molar-refractivity contribution in [1.82, 2.24) is 4.31 Å². The minimum absolute atomic E-state index is 0.118. The van der Waals surface area contributed by atoms with Crippen molar-refractivity contribution in [2.24, 2.45) is 5.92 Å². The van der Waals surface area contributed by atoms with Crippen LogP contribution >= 0.6 is 15.9 Å². The highest BCUT2D eigenvalue weighted by Crippen LogP contribution is 2.29. The molecule has 1 aliphatic rings. The van der Waals surface area contributed by atoms with E-state index in [1.807, 2.05) is 0 Å². The van der Waals surface area contributed by atoms with Gasteiger partial charge in [0.15, 0.2) is 0 Å². The Balaban J connectivity index is 2.06. The predicted octanol–water partition coefficient (Wildman–Crippen LogP) is 1.82. The molecule has 0 saturated carbocycles. The van der Waals surface area contributed by atoms with Crippen LogP contribution < -0.4 is 9.46 Å². The first-order chi connectivity index (χ1) is 9.96. The summed E-state index contributed by atoms with van der Waals surface area (Å²) in [6.45, 7) is 0.975. The van der Waals surface area contributed by atoms with Gasteiger partial charge in [0.1, 0.15) is 5.75 Å². The molecule has 8 heteroatoms. The van der Waals surface area contributed by atoms with Crippen molar-refractivity contribution in [3.63, 3.8) is 0 Å². The SMILES string of the molecule is COc1ccc(NS(=O)(=O)N2CCC(CO)CC2)cc1Br. The number of anilines is 1. The van der Waals surface area contributed by atoms with Gasteiger partial charge < -0.3 is 9.84 Å². The van der Waals surface area contributed by atoms with Crippen LogP contribution in [0.5, 0.6) is 5.75 Å². The van der Waals surface area contributed by atoms with Crippen molar-refractivity contribution in [1.29, 1.82) is 0 Å². The quantitative estimate of drug-likeness (QED) is 0.818. The van der Waals surface area contributed by atoms with Crippen molar-refractivity contribution in [3.05, 3.63) is 22.7 Å². The zero-order valence-corrected chi connectivity index (χ0v) is 14.2. The maximum absolute atomic E-state index is 12.3. The monoisotopic (exact) mass is 378 g/mol. The van der Waals surface area contributed by atoms with Gasteiger partial charge in [0.05, 0.1) is 17.3 Å². The number of hydrogen-bond donors (Lipinski definition) is 2. The summed E-state index contributed by atoms with van der Waals surface area (Å²) in [7, 11) is -2.01. The van der Waals surface area contributed by atoms with Gasteiger partial charge in [0, 0.05) is 19.7 Å². The number of benzene rings is 1. The fourth-order valence-corrected chi connectivity index (χ4v) is 4.06. The van der Waals surface area contributed by atoms with E-state index in [0.29, 0.717) is 41.8 Å². The second kappa shape index (κ2) is 6.95. The third kappa shape index (κ3) is 4.09. The van der Waals surface area contributed by atoms with Crippen LogP contribution in [0.25, 0.3) is 0 Å². The zero-order valence-electron chi connectivity index (χ0n) is 11.8. The van der Waals surface area contributed by atoms with Crippen LogP contribution in [0, 0.1) is 5.92 Å². The maximum atomic E-state index is 12.3. The lowest BCUT2D eigenvalue weighted by molar-refractivity contribution is 0.170. The van der Waals surface area contributed by atoms with Crippen molar-refractivity contribution < 1.29 is 18.3 Å². The van der Waals surface area contributed by atoms with Crippen molar-refractivity contribution >= 4 is 31.8 Å². The summed E-state index contributed by atoms with van der Waals surface area (Å²) in [5.74, 6) is 0.841. The van der Waals surface area contributed by atoms with Crippen LogP contribution in [-0.4, -0.2) is 44.6 Å². The minimum Gasteiger partial charge on any atom is -0.496 e. The molecule has 6 nitrogen and oxygen atoms in total. The molecule has 1 aliphatic heterocycles. The molecule has 1 heterocycles. The lowest BCUT2D eigenvalue weighted by Gasteiger charge is -2.30. The second-order valence-corrected chi connectivity index (χ2v) is 7.51. The van der Waals surface area contributed by atoms with Gasteiger partial charge in [-0.05, 0) is 52.9 Å². The number of hydrogen-bond acceptors (Lipinski definition) is 4. The van der Waals surface area contributed by atoms with E-state index in [4.69, 9.17) is 9.84 Å². The van der Waals surface area contributed by atoms with E-state index in [1.165, 1.54) is 4.31 Å². The summed E-state index contributed by atoms with van der Waals surface area (Å²) in [6, 6.07) is 5.01. The van der Waals surface area contributed by atoms with Gasteiger partial charge in [-0.25, -0.2) is 0 Å². The molecule has 1 aromatic rings. The average Bonchev–Trinajstić information content (AvgIpc) is 2.47. The fraction of sp³-hybridized carbons (Fsp3) is 0.538. The van der Waals surface area contributed by atoms with Gasteiger partial charge >= 0.3 is 10.2 Å². The van der Waals surface area contributed by atoms with Gasteiger partial charge in [0.25, 0.3) is 0 Å². The van der Waals surface area contributed by atoms with Crippen LogP contribution in [0.4, 0.5) is 5.69 Å². The van der Waals surface area contributed by atoms with Crippen LogP contribution in [0.3, 0.4) is 0 Å². The highest BCUT2D eigenvalue weighted by molar-refractivity contribution is 9.10. The number of aliphatic hydroxyl groups is 1. The molecule has 2 N–H and O–H groups in total. The molecule has 0 bridgehead atoms. The van der Waals surface area contributed by atoms with E-state index in [9.17, 15) is 8.42 Å². The lowest BCUT2D eigenvalue weighted by atomic mass is 10.00. The van der Waals surface area contributed by atoms with E-state index >= 15 is 0 Å². The van der Waals surface area contributed by atoms with Crippen LogP contribution in [0.2, 0.25) is 0 Å². The summed E-state index contributed by atoms with van der Waals surface area (Å²) in [4.78, 5) is 0. The van der Waals surface area contributed by atoms with E-state index in [0.717, 1.165) is 0 Å². The van der Waals surface area contributed by atoms with E-state index in [-0.39, 0.29) is 12.5 Å². The molecule has 0 radical (unpaired) electrons. The maximum Gasteiger partial charge on any atom is 0.301 e. The largest absolute Gasteiger partial charge is 0.496 e. The average molecular weight is 379 g/mol. The van der Waals surface area contributed by atoms with Gasteiger partial charge in [-0.2, -0.15) is 12.7 Å². The minimum atomic E-state index is -3.56. The summed E-state index contributed by atoms with van der Waals surface area (Å²) >= 11 is 3.33. The number of methoxy groups -OCH3 is 1. The number of nitrogens with zero attached hydrogens (tertiary/aromatic N) is 1. The van der Waals surface area contributed by atoms with E-state index in [1.54, 1.807) is 25.3 Å². The van der Waals surface area contributed by atoms with Crippen molar-refractivity contribution in [3.8, 4) is 5.75 Å². The highest BCUT2D eigenvalue weighted by Gasteiger charge is 2.27. The third-order valence-electron chi connectivity index (χ3n) is 3.57. The Hall–Kier alpha value is -0.830. The number of nitrogens with one attached hydrogen (secondary N) is 1. The number of rotatable bonds is 5. The van der Waals surface area contributed by atoms with Crippen molar-refractivity contribution in [2.45, 2.75) is 12.8 Å². The molecule has 1 aromatic carbocycles. The Bertz CT molecular complexity index is 586. The molecular formula is C13H19BrN2O4S. The van der Waals surface area contributed by atoms with Gasteiger partial charge in [-0.3, -0.25) is 4.72 Å². The Labute approximate surface area is 133 Å². The van der Waals surface area contributed by atoms with Gasteiger partial charge in [-0.15, -0.1) is 0 Å². The molecule has 2 rings (SSSR count). The summed E-state index contributed by atoms with van der Waals surface area (Å²) < 4.78 is 34.4. The molecule has 1 fully saturated rings. The highest BCUT2D eigenvalue weighted by atomic mass is 79.9. The molecule has 0 amide bonds. The number of piperidine rings is 1. The zero-order chi connectivity index (χ0) is 15.5. The van der Waals surface area contributed by atoms with E-state index < -0.39 is 10.2 Å². The Morgan fingerprint density at radius 1 is 1.43 bits per heavy atom. The summed E-state index contributed by atoms with van der Waals surface area (Å²) in [5.41, 5.74) is 0.479. The van der Waals surface area contributed by atoms with Gasteiger partial charge in [0.2, 0.25) is 0 Å². The van der Waals surface area contributed by atoms with Gasteiger partial charge in [-0.1, -0.05) is 0 Å². The predicted molar refractivity (Wildman–Crippen MR) is 84.6 cm³/mol. The first-order valence-electron chi connectivity index (χ1n) is 6.68. The van der Waals surface area contributed by atoms with E-state index in [2.05, 4.69) is 20.7 Å². The smallest absolute Gasteiger partial charge is 0.301 e. The topological polar surface area (TPSA) is 78.9 Å². The molecule has 21 heavy (non-hydrogen) atoms. The first kappa shape index (κ1) is 16.5. The molecule has 1 saturated heterocycles. The molecule has 0 aliphatic carbocycles. The number of aliphatic hydroxyl groups excluding tert-OH is 1. The Morgan fingerprint density at radius 2 is 2.10 bits per heavy atom. The van der Waals surface area contributed by atoms with Crippen molar-refractivity contribution in [2.75, 3.05) is 31.5 Å². The number of halogens is 1. The number of ether oxygens (including phenoxy) is 1. The normalized spacial score (nSPS) is 17.7. The first-order valence-corrected chi connectivity index (χ1v) is 8.92. The molecule has 118 valence electrons. The Morgan fingerprint density at radius 3 is 2.62 bits per heavy atom. The third-order valence-corrected chi connectivity index (χ3v) is 5.73. The Kier molecular flexibility index (Phi) is 5.48. The van der Waals surface area contributed by atoms with Crippen LogP contribution in [-0.2, 0) is 10.2 Å². The molecule has 0 spiro atoms. The van der Waals surface area contributed by atoms with Crippen LogP contribution in [0.15, 0.2) is 22.7 Å². The summed E-state index contributed by atoms with van der Waals surface area (Å²) in [6.07, 6.45) is 1.37. The summed E-state index contributed by atoms with van der Waals surface area (Å²) in [5, 5.41) is 9.09. The molecular weight excluding hydrogens is 360 g/mol. The molecule has 0 atom stereocenters.